The first-order chi connectivity index (χ1) is 12.7. The summed E-state index contributed by atoms with van der Waals surface area (Å²) in [5, 5.41) is 3.26. The maximum atomic E-state index is 12.0. The number of thiazole rings is 1. The van der Waals surface area contributed by atoms with Crippen molar-refractivity contribution in [2.24, 2.45) is 0 Å². The normalized spacial score (nSPS) is 10.5. The lowest BCUT2D eigenvalue weighted by molar-refractivity contribution is -0.116. The van der Waals surface area contributed by atoms with Crippen LogP contribution in [0, 0.1) is 0 Å². The van der Waals surface area contributed by atoms with Gasteiger partial charge in [0.1, 0.15) is 5.75 Å². The van der Waals surface area contributed by atoms with Gasteiger partial charge >= 0.3 is 5.97 Å². The molecule has 0 atom stereocenters. The molecule has 0 aliphatic rings. The number of nitrogens with zero attached hydrogens (tertiary/aromatic N) is 1. The number of aromatic nitrogens is 1. The van der Waals surface area contributed by atoms with Crippen LogP contribution in [0.3, 0.4) is 0 Å². The highest BCUT2D eigenvalue weighted by molar-refractivity contribution is 7.22. The maximum Gasteiger partial charge on any atom is 0.338 e. The van der Waals surface area contributed by atoms with Crippen molar-refractivity contribution in [3.05, 3.63) is 54.1 Å². The van der Waals surface area contributed by atoms with E-state index in [2.05, 4.69) is 10.3 Å². The third-order valence-corrected chi connectivity index (χ3v) is 4.42. The molecule has 0 saturated carbocycles. The summed E-state index contributed by atoms with van der Waals surface area (Å²) >= 11 is 1.31. The van der Waals surface area contributed by atoms with Gasteiger partial charge in [0.2, 0.25) is 5.91 Å². The third kappa shape index (κ3) is 4.58. The highest BCUT2D eigenvalue weighted by atomic mass is 32.1. The number of benzene rings is 2. The first kappa shape index (κ1) is 17.9. The van der Waals surface area contributed by atoms with Gasteiger partial charge in [-0.05, 0) is 37.3 Å². The lowest BCUT2D eigenvalue weighted by Crippen LogP contribution is -2.14. The summed E-state index contributed by atoms with van der Waals surface area (Å²) in [4.78, 5) is 28.2. The van der Waals surface area contributed by atoms with Gasteiger partial charge in [0.05, 0.1) is 35.4 Å². The lowest BCUT2D eigenvalue weighted by atomic mass is 10.2. The van der Waals surface area contributed by atoms with Gasteiger partial charge in [-0.15, -0.1) is 0 Å². The van der Waals surface area contributed by atoms with Gasteiger partial charge in [0, 0.05) is 0 Å². The topological polar surface area (TPSA) is 77.5 Å². The molecule has 1 N–H and O–H groups in total. The number of ether oxygens (including phenoxy) is 2. The number of para-hydroxylation sites is 1. The molecule has 6 nitrogen and oxygen atoms in total. The quantitative estimate of drug-likeness (QED) is 0.639. The maximum absolute atomic E-state index is 12.0. The molecule has 3 rings (SSSR count). The van der Waals surface area contributed by atoms with Gasteiger partial charge in [-0.3, -0.25) is 4.79 Å². The van der Waals surface area contributed by atoms with E-state index in [1.165, 1.54) is 11.3 Å². The molecule has 26 heavy (non-hydrogen) atoms. The van der Waals surface area contributed by atoms with Crippen LogP contribution in [0.25, 0.3) is 10.2 Å². The monoisotopic (exact) mass is 370 g/mol. The van der Waals surface area contributed by atoms with Crippen LogP contribution >= 0.6 is 11.3 Å². The second-order valence-electron chi connectivity index (χ2n) is 5.38. The van der Waals surface area contributed by atoms with Crippen LogP contribution in [0.4, 0.5) is 5.13 Å². The Balaban J connectivity index is 1.58. The van der Waals surface area contributed by atoms with Crippen molar-refractivity contribution < 1.29 is 19.1 Å². The van der Waals surface area contributed by atoms with E-state index in [1.807, 2.05) is 30.3 Å². The predicted octanol–water partition coefficient (Wildman–Crippen LogP) is 3.88. The summed E-state index contributed by atoms with van der Waals surface area (Å²) in [6, 6.07) is 14.5. The van der Waals surface area contributed by atoms with Gasteiger partial charge < -0.3 is 14.8 Å². The van der Waals surface area contributed by atoms with Crippen LogP contribution in [0.15, 0.2) is 48.5 Å². The number of carbonyl (C=O) groups excluding carboxylic acids is 2. The Morgan fingerprint density at radius 3 is 2.73 bits per heavy atom. The summed E-state index contributed by atoms with van der Waals surface area (Å²) in [7, 11) is 0. The smallest absolute Gasteiger partial charge is 0.338 e. The van der Waals surface area contributed by atoms with Gasteiger partial charge in [0.15, 0.2) is 5.13 Å². The number of esters is 1. The Morgan fingerprint density at radius 1 is 1.15 bits per heavy atom. The number of anilines is 1. The van der Waals surface area contributed by atoms with E-state index in [4.69, 9.17) is 9.47 Å². The number of fused-ring (bicyclic) bond motifs is 1. The molecular formula is C19H18N2O4S. The molecule has 1 heterocycles. The number of amides is 1. The molecule has 0 saturated heterocycles. The molecule has 0 bridgehead atoms. The molecule has 3 aromatic rings. The molecule has 1 aromatic heterocycles. The molecule has 0 spiro atoms. The molecular weight excluding hydrogens is 352 g/mol. The minimum atomic E-state index is -0.369. The fourth-order valence-corrected chi connectivity index (χ4v) is 3.20. The van der Waals surface area contributed by atoms with E-state index in [-0.39, 0.29) is 24.9 Å². The Bertz CT molecular complexity index is 908. The van der Waals surface area contributed by atoms with E-state index in [0.717, 1.165) is 16.0 Å². The number of hydrogen-bond acceptors (Lipinski definition) is 6. The van der Waals surface area contributed by atoms with Crippen LogP contribution in [0.2, 0.25) is 0 Å². The van der Waals surface area contributed by atoms with E-state index < -0.39 is 0 Å². The van der Waals surface area contributed by atoms with Crippen LogP contribution in [0.1, 0.15) is 23.7 Å². The summed E-state index contributed by atoms with van der Waals surface area (Å²) in [5.74, 6) is 0.184. The molecule has 0 aliphatic carbocycles. The van der Waals surface area contributed by atoms with Gasteiger partial charge in [-0.25, -0.2) is 9.78 Å². The van der Waals surface area contributed by atoms with Gasteiger partial charge in [-0.2, -0.15) is 0 Å². The van der Waals surface area contributed by atoms with E-state index in [1.54, 1.807) is 25.1 Å². The second kappa shape index (κ2) is 8.44. The molecule has 2 aromatic carbocycles. The first-order valence-electron chi connectivity index (χ1n) is 8.21. The van der Waals surface area contributed by atoms with Crippen molar-refractivity contribution in [2.75, 3.05) is 18.5 Å². The van der Waals surface area contributed by atoms with E-state index >= 15 is 0 Å². The fourth-order valence-electron chi connectivity index (χ4n) is 2.28. The highest BCUT2D eigenvalue weighted by Crippen LogP contribution is 2.27. The standard InChI is InChI=1S/C19H18N2O4S/c1-2-24-18(23)13-8-9-15-16(12-13)26-19(20-15)21-17(22)10-11-25-14-6-4-3-5-7-14/h3-9,12H,2,10-11H2,1H3,(H,20,21,22). The van der Waals surface area contributed by atoms with Crippen LogP contribution < -0.4 is 10.1 Å². The zero-order chi connectivity index (χ0) is 18.4. The molecule has 1 amide bonds. The van der Waals surface area contributed by atoms with Crippen molar-refractivity contribution in [1.29, 1.82) is 0 Å². The molecule has 0 radical (unpaired) electrons. The number of nitrogens with one attached hydrogen (secondary N) is 1. The van der Waals surface area contributed by atoms with Gasteiger partial charge in [-0.1, -0.05) is 29.5 Å². The summed E-state index contributed by atoms with van der Waals surface area (Å²) in [5.41, 5.74) is 1.19. The summed E-state index contributed by atoms with van der Waals surface area (Å²) < 4.78 is 11.3. The predicted molar refractivity (Wildman–Crippen MR) is 101 cm³/mol. The SMILES string of the molecule is CCOC(=O)c1ccc2nc(NC(=O)CCOc3ccccc3)sc2c1. The zero-order valence-electron chi connectivity index (χ0n) is 14.2. The second-order valence-corrected chi connectivity index (χ2v) is 6.41. The largest absolute Gasteiger partial charge is 0.493 e. The first-order valence-corrected chi connectivity index (χ1v) is 9.03. The highest BCUT2D eigenvalue weighted by Gasteiger charge is 2.12. The molecule has 0 aliphatic heterocycles. The lowest BCUT2D eigenvalue weighted by Gasteiger charge is -2.05. The Labute approximate surface area is 154 Å². The van der Waals surface area contributed by atoms with Crippen LogP contribution in [-0.4, -0.2) is 30.1 Å². The Hall–Kier alpha value is -2.93. The van der Waals surface area contributed by atoms with Crippen LogP contribution in [-0.2, 0) is 9.53 Å². The molecule has 0 unspecified atom stereocenters. The average molecular weight is 370 g/mol. The Morgan fingerprint density at radius 2 is 1.96 bits per heavy atom. The van der Waals surface area contributed by atoms with Crippen molar-refractivity contribution in [2.45, 2.75) is 13.3 Å². The number of carbonyl (C=O) groups is 2. The van der Waals surface area contributed by atoms with Crippen molar-refractivity contribution >= 4 is 38.6 Å². The van der Waals surface area contributed by atoms with E-state index in [0.29, 0.717) is 17.3 Å². The summed E-state index contributed by atoms with van der Waals surface area (Å²) in [6.07, 6.45) is 0.221. The fraction of sp³-hybridized carbons (Fsp3) is 0.211. The number of rotatable bonds is 7. The van der Waals surface area contributed by atoms with Crippen molar-refractivity contribution in [3.63, 3.8) is 0 Å². The molecule has 0 fully saturated rings. The third-order valence-electron chi connectivity index (χ3n) is 3.49. The van der Waals surface area contributed by atoms with E-state index in [9.17, 15) is 9.59 Å². The summed E-state index contributed by atoms with van der Waals surface area (Å²) in [6.45, 7) is 2.37. The minimum Gasteiger partial charge on any atom is -0.493 e. The number of hydrogen-bond donors (Lipinski definition) is 1. The molecule has 134 valence electrons. The van der Waals surface area contributed by atoms with Crippen molar-refractivity contribution in [1.82, 2.24) is 4.98 Å². The average Bonchev–Trinajstić information content (AvgIpc) is 3.04. The van der Waals surface area contributed by atoms with Gasteiger partial charge in [0.25, 0.3) is 0 Å². The zero-order valence-corrected chi connectivity index (χ0v) is 15.0. The molecule has 7 heteroatoms. The van der Waals surface area contributed by atoms with Crippen LogP contribution in [0.5, 0.6) is 5.75 Å². The minimum absolute atomic E-state index is 0.175. The van der Waals surface area contributed by atoms with Crippen molar-refractivity contribution in [3.8, 4) is 5.75 Å². The Kier molecular flexibility index (Phi) is 5.80.